The van der Waals surface area contributed by atoms with E-state index in [0.717, 1.165) is 6.26 Å². The van der Waals surface area contributed by atoms with Crippen molar-refractivity contribution in [1.82, 2.24) is 9.97 Å². The van der Waals surface area contributed by atoms with E-state index in [4.69, 9.17) is 23.2 Å². The van der Waals surface area contributed by atoms with Crippen LogP contribution in [-0.2, 0) is 9.84 Å². The van der Waals surface area contributed by atoms with Crippen molar-refractivity contribution in [3.05, 3.63) is 16.3 Å². The molecular formula is C5H3Cl2FN2O2S. The van der Waals surface area contributed by atoms with E-state index < -0.39 is 31.1 Å². The molecule has 1 aromatic rings. The zero-order chi connectivity index (χ0) is 10.2. The Morgan fingerprint density at radius 1 is 1.31 bits per heavy atom. The van der Waals surface area contributed by atoms with Gasteiger partial charge in [0.25, 0.3) is 0 Å². The third-order valence-electron chi connectivity index (χ3n) is 1.10. The normalized spacial score (nSPS) is 11.7. The fourth-order valence-electron chi connectivity index (χ4n) is 0.622. The van der Waals surface area contributed by atoms with Gasteiger partial charge in [-0.15, -0.1) is 0 Å². The van der Waals surface area contributed by atoms with E-state index in [2.05, 4.69) is 9.97 Å². The Kier molecular flexibility index (Phi) is 2.74. The van der Waals surface area contributed by atoms with Gasteiger partial charge in [0.1, 0.15) is 0 Å². The molecule has 0 fully saturated rings. The number of aromatic nitrogens is 2. The number of nitrogens with zero attached hydrogens (tertiary/aromatic N) is 2. The Bertz CT molecular complexity index is 448. The van der Waals surface area contributed by atoms with Crippen molar-refractivity contribution >= 4 is 33.0 Å². The van der Waals surface area contributed by atoms with Gasteiger partial charge in [-0.2, -0.15) is 0 Å². The quantitative estimate of drug-likeness (QED) is 0.553. The van der Waals surface area contributed by atoms with Crippen LogP contribution in [0.3, 0.4) is 0 Å². The summed E-state index contributed by atoms with van der Waals surface area (Å²) in [5, 5.41) is -1.82. The Morgan fingerprint density at radius 3 is 2.31 bits per heavy atom. The van der Waals surface area contributed by atoms with E-state index in [9.17, 15) is 12.8 Å². The number of sulfone groups is 1. The average molecular weight is 245 g/mol. The predicted molar refractivity (Wildman–Crippen MR) is 45.1 cm³/mol. The summed E-state index contributed by atoms with van der Waals surface area (Å²) in [4.78, 5) is 6.44. The lowest BCUT2D eigenvalue weighted by atomic mass is 10.6. The van der Waals surface area contributed by atoms with Crippen molar-refractivity contribution in [1.29, 1.82) is 0 Å². The Morgan fingerprint density at radius 2 is 1.85 bits per heavy atom. The van der Waals surface area contributed by atoms with Crippen LogP contribution in [0.15, 0.2) is 5.03 Å². The first-order chi connectivity index (χ1) is 5.82. The average Bonchev–Trinajstić information content (AvgIpc) is 1.94. The van der Waals surface area contributed by atoms with E-state index in [1.165, 1.54) is 0 Å². The van der Waals surface area contributed by atoms with Crippen molar-refractivity contribution in [2.75, 3.05) is 6.26 Å². The first-order valence-electron chi connectivity index (χ1n) is 2.91. The van der Waals surface area contributed by atoms with Gasteiger partial charge in [0.15, 0.2) is 25.8 Å². The standard InChI is InChI=1S/C5H3Cl2FN2O2S/c1-13(11,12)4-2(8)3(6)9-5(7)10-4/h1H3. The van der Waals surface area contributed by atoms with Gasteiger partial charge in [0, 0.05) is 6.26 Å². The lowest BCUT2D eigenvalue weighted by molar-refractivity contribution is 0.551. The molecule has 0 N–H and O–H groups in total. The molecule has 0 aliphatic heterocycles. The van der Waals surface area contributed by atoms with Gasteiger partial charge >= 0.3 is 0 Å². The number of halogens is 3. The second-order valence-electron chi connectivity index (χ2n) is 2.17. The highest BCUT2D eigenvalue weighted by Gasteiger charge is 2.20. The molecule has 0 aliphatic rings. The molecule has 0 spiro atoms. The Balaban J connectivity index is 3.56. The van der Waals surface area contributed by atoms with E-state index in [1.807, 2.05) is 0 Å². The van der Waals surface area contributed by atoms with Gasteiger partial charge in [0.2, 0.25) is 5.28 Å². The second-order valence-corrected chi connectivity index (χ2v) is 4.80. The zero-order valence-electron chi connectivity index (χ0n) is 6.25. The van der Waals surface area contributed by atoms with Crippen LogP contribution in [0.25, 0.3) is 0 Å². The van der Waals surface area contributed by atoms with Crippen molar-refractivity contribution in [3.8, 4) is 0 Å². The largest absolute Gasteiger partial charge is 0.225 e. The summed E-state index contributed by atoms with van der Waals surface area (Å²) in [6.07, 6.45) is 0.797. The van der Waals surface area contributed by atoms with Crippen molar-refractivity contribution < 1.29 is 12.8 Å². The van der Waals surface area contributed by atoms with Crippen molar-refractivity contribution in [2.24, 2.45) is 0 Å². The lowest BCUT2D eigenvalue weighted by Gasteiger charge is -2.00. The molecule has 0 bridgehead atoms. The second kappa shape index (κ2) is 3.36. The molecule has 0 aliphatic carbocycles. The Labute approximate surface area is 83.6 Å². The summed E-state index contributed by atoms with van der Waals surface area (Å²) >= 11 is 10.5. The molecule has 1 heterocycles. The molecule has 0 amide bonds. The van der Waals surface area contributed by atoms with Crippen LogP contribution in [0.2, 0.25) is 10.4 Å². The van der Waals surface area contributed by atoms with Crippen LogP contribution in [0.1, 0.15) is 0 Å². The van der Waals surface area contributed by atoms with Gasteiger partial charge in [-0.1, -0.05) is 11.6 Å². The minimum atomic E-state index is -3.77. The fourth-order valence-corrected chi connectivity index (χ4v) is 1.78. The molecule has 8 heteroatoms. The van der Waals surface area contributed by atoms with Gasteiger partial charge in [-0.25, -0.2) is 22.8 Å². The van der Waals surface area contributed by atoms with Crippen LogP contribution < -0.4 is 0 Å². The molecule has 1 rings (SSSR count). The third kappa shape index (κ3) is 2.26. The van der Waals surface area contributed by atoms with E-state index in [1.54, 1.807) is 0 Å². The van der Waals surface area contributed by atoms with Crippen LogP contribution >= 0.6 is 23.2 Å². The summed E-state index contributed by atoms with van der Waals surface area (Å²) < 4.78 is 34.8. The summed E-state index contributed by atoms with van der Waals surface area (Å²) in [5.41, 5.74) is 0. The molecule has 0 atom stereocenters. The lowest BCUT2D eigenvalue weighted by Crippen LogP contribution is -2.06. The van der Waals surface area contributed by atoms with Crippen molar-refractivity contribution in [3.63, 3.8) is 0 Å². The molecular weight excluding hydrogens is 242 g/mol. The first-order valence-corrected chi connectivity index (χ1v) is 5.55. The van der Waals surface area contributed by atoms with Crippen molar-refractivity contribution in [2.45, 2.75) is 5.03 Å². The van der Waals surface area contributed by atoms with Gasteiger partial charge in [0.05, 0.1) is 0 Å². The molecule has 1 aromatic heterocycles. The van der Waals surface area contributed by atoms with E-state index in [-0.39, 0.29) is 0 Å². The van der Waals surface area contributed by atoms with Crippen LogP contribution in [-0.4, -0.2) is 24.6 Å². The SMILES string of the molecule is CS(=O)(=O)c1nc(Cl)nc(Cl)c1F. The maximum absolute atomic E-state index is 13.0. The van der Waals surface area contributed by atoms with E-state index >= 15 is 0 Å². The van der Waals surface area contributed by atoms with Gasteiger partial charge in [-0.05, 0) is 11.6 Å². The highest BCUT2D eigenvalue weighted by atomic mass is 35.5. The smallest absolute Gasteiger partial charge is 0.222 e. The van der Waals surface area contributed by atoms with Gasteiger partial charge in [-0.3, -0.25) is 0 Å². The monoisotopic (exact) mass is 244 g/mol. The maximum Gasteiger partial charge on any atom is 0.225 e. The molecule has 0 saturated carbocycles. The summed E-state index contributed by atoms with van der Waals surface area (Å²) in [6.45, 7) is 0. The molecule has 13 heavy (non-hydrogen) atoms. The molecule has 0 saturated heterocycles. The minimum absolute atomic E-state index is 0.410. The van der Waals surface area contributed by atoms with Crippen LogP contribution in [0, 0.1) is 5.82 Å². The zero-order valence-corrected chi connectivity index (χ0v) is 8.58. The number of rotatable bonds is 1. The Hall–Kier alpha value is -0.460. The minimum Gasteiger partial charge on any atom is -0.222 e. The van der Waals surface area contributed by atoms with Crippen LogP contribution in [0.5, 0.6) is 0 Å². The van der Waals surface area contributed by atoms with Crippen LogP contribution in [0.4, 0.5) is 4.39 Å². The third-order valence-corrected chi connectivity index (χ3v) is 2.50. The molecule has 4 nitrogen and oxygen atoms in total. The number of hydrogen-bond acceptors (Lipinski definition) is 4. The highest BCUT2D eigenvalue weighted by molar-refractivity contribution is 7.90. The van der Waals surface area contributed by atoms with E-state index in [0.29, 0.717) is 0 Å². The molecule has 0 aromatic carbocycles. The molecule has 0 unspecified atom stereocenters. The maximum atomic E-state index is 13.0. The molecule has 72 valence electrons. The van der Waals surface area contributed by atoms with Gasteiger partial charge < -0.3 is 0 Å². The number of hydrogen-bond donors (Lipinski definition) is 0. The fraction of sp³-hybridized carbons (Fsp3) is 0.200. The summed E-state index contributed by atoms with van der Waals surface area (Å²) in [7, 11) is -3.77. The first kappa shape index (κ1) is 10.6. The molecule has 0 radical (unpaired) electrons. The summed E-state index contributed by atoms with van der Waals surface area (Å²) in [6, 6.07) is 0. The topological polar surface area (TPSA) is 59.9 Å². The summed E-state index contributed by atoms with van der Waals surface area (Å²) in [5.74, 6) is -1.19. The highest BCUT2D eigenvalue weighted by Crippen LogP contribution is 2.20. The predicted octanol–water partition coefficient (Wildman–Crippen LogP) is 1.33.